The largest absolute Gasteiger partial charge is 0.491 e. The molecule has 3 aromatic rings. The SMILES string of the molecule is C=CC1CC1(NC(=O)C1CC(Oc2cc(-c3csc(NC(C)C)n3)nc3c(Cl)c(OCCN4CCNCC4)ccc23)CN1C(=O)C(NC(=O)OC1CC2CC2C1)C(C)(C)C)C(=O)OC. The number of benzene rings is 1. The fourth-order valence-corrected chi connectivity index (χ4v) is 10.5. The number of nitrogens with one attached hydrogen (secondary N) is 4. The highest BCUT2D eigenvalue weighted by Crippen LogP contribution is 2.52. The molecule has 2 saturated heterocycles. The van der Waals surface area contributed by atoms with Crippen molar-refractivity contribution in [2.24, 2.45) is 23.2 Å². The van der Waals surface area contributed by atoms with Gasteiger partial charge in [-0.05, 0) is 68.9 Å². The van der Waals surface area contributed by atoms with Crippen molar-refractivity contribution in [3.8, 4) is 22.9 Å². The molecule has 3 amide bonds. The number of thiazole rings is 1. The number of methoxy groups -OCH3 is 1. The number of amides is 3. The maximum Gasteiger partial charge on any atom is 0.408 e. The molecule has 3 aliphatic carbocycles. The summed E-state index contributed by atoms with van der Waals surface area (Å²) in [7, 11) is 1.27. The van der Waals surface area contributed by atoms with Crippen LogP contribution in [-0.4, -0.2) is 133 Å². The number of pyridine rings is 1. The molecule has 16 nitrogen and oxygen atoms in total. The number of aromatic nitrogens is 2. The summed E-state index contributed by atoms with van der Waals surface area (Å²) in [5.74, 6) is 0.147. The highest BCUT2D eigenvalue weighted by Gasteiger charge is 2.62. The number of alkyl carbamates (subject to hydrolysis) is 1. The van der Waals surface area contributed by atoms with Gasteiger partial charge in [0, 0.05) is 67.9 Å². The maximum atomic E-state index is 14.9. The Morgan fingerprint density at radius 1 is 1.05 bits per heavy atom. The predicted molar refractivity (Wildman–Crippen MR) is 245 cm³/mol. The van der Waals surface area contributed by atoms with Gasteiger partial charge in [-0.2, -0.15) is 0 Å². The van der Waals surface area contributed by atoms with Crippen molar-refractivity contribution in [2.75, 3.05) is 58.3 Å². The minimum atomic E-state index is -1.30. The van der Waals surface area contributed by atoms with Crippen LogP contribution in [0.15, 0.2) is 36.2 Å². The number of esters is 1. The van der Waals surface area contributed by atoms with Crippen LogP contribution in [0.2, 0.25) is 5.02 Å². The van der Waals surface area contributed by atoms with Crippen LogP contribution >= 0.6 is 22.9 Å². The molecule has 4 heterocycles. The lowest BCUT2D eigenvalue weighted by molar-refractivity contribution is -0.148. The van der Waals surface area contributed by atoms with Crippen molar-refractivity contribution in [3.63, 3.8) is 0 Å². The van der Waals surface area contributed by atoms with E-state index in [2.05, 4.69) is 32.7 Å². The van der Waals surface area contributed by atoms with E-state index in [0.29, 0.717) is 63.7 Å². The van der Waals surface area contributed by atoms with Crippen LogP contribution in [0.4, 0.5) is 9.93 Å². The first-order valence-electron chi connectivity index (χ1n) is 22.5. The highest BCUT2D eigenvalue weighted by atomic mass is 35.5. The van der Waals surface area contributed by atoms with Crippen molar-refractivity contribution in [1.29, 1.82) is 0 Å². The number of halogens is 1. The molecule has 2 aliphatic heterocycles. The number of carbonyl (C=O) groups is 4. The Bertz CT molecular complexity index is 2250. The third kappa shape index (κ3) is 9.92. The van der Waals surface area contributed by atoms with Gasteiger partial charge in [0.1, 0.15) is 58.7 Å². The second kappa shape index (κ2) is 18.6. The molecule has 4 N–H and O–H groups in total. The van der Waals surface area contributed by atoms with Gasteiger partial charge in [-0.3, -0.25) is 14.5 Å². The molecule has 3 saturated carbocycles. The maximum absolute atomic E-state index is 14.9. The average molecular weight is 922 g/mol. The van der Waals surface area contributed by atoms with Crippen molar-refractivity contribution in [1.82, 2.24) is 35.7 Å². The topological polar surface area (TPSA) is 186 Å². The summed E-state index contributed by atoms with van der Waals surface area (Å²) in [6, 6.07) is 3.48. The van der Waals surface area contributed by atoms with Gasteiger partial charge in [0.2, 0.25) is 11.8 Å². The van der Waals surface area contributed by atoms with E-state index in [0.717, 1.165) is 50.7 Å². The predicted octanol–water partition coefficient (Wildman–Crippen LogP) is 5.64. The lowest BCUT2D eigenvalue weighted by atomic mass is 9.85. The smallest absolute Gasteiger partial charge is 0.408 e. The molecular formula is C46H61ClN8O8S. The van der Waals surface area contributed by atoms with E-state index >= 15 is 0 Å². The summed E-state index contributed by atoms with van der Waals surface area (Å²) in [6.45, 7) is 18.4. The van der Waals surface area contributed by atoms with E-state index < -0.39 is 53.0 Å². The second-order valence-corrected chi connectivity index (χ2v) is 20.5. The normalized spacial score (nSPS) is 26.8. The number of carbonyl (C=O) groups excluding carboxylic acids is 4. The molecule has 7 unspecified atom stereocenters. The monoisotopic (exact) mass is 920 g/mol. The first-order chi connectivity index (χ1) is 30.6. The fraction of sp³-hybridized carbons (Fsp3) is 0.609. The quantitative estimate of drug-likeness (QED) is 0.102. The summed E-state index contributed by atoms with van der Waals surface area (Å²) < 4.78 is 24.0. The van der Waals surface area contributed by atoms with Crippen molar-refractivity contribution >= 4 is 62.8 Å². The molecule has 0 bridgehead atoms. The summed E-state index contributed by atoms with van der Waals surface area (Å²) in [6.07, 6.45) is 3.25. The van der Waals surface area contributed by atoms with Crippen LogP contribution in [-0.2, 0) is 23.9 Å². The van der Waals surface area contributed by atoms with Gasteiger partial charge in [-0.15, -0.1) is 17.9 Å². The van der Waals surface area contributed by atoms with Crippen LogP contribution in [0, 0.1) is 23.2 Å². The van der Waals surface area contributed by atoms with Crippen LogP contribution < -0.4 is 30.7 Å². The van der Waals surface area contributed by atoms with Crippen molar-refractivity contribution < 1.29 is 38.1 Å². The number of hydrogen-bond acceptors (Lipinski definition) is 14. The molecule has 346 valence electrons. The van der Waals surface area contributed by atoms with Gasteiger partial charge in [0.25, 0.3) is 0 Å². The van der Waals surface area contributed by atoms with Gasteiger partial charge in [-0.25, -0.2) is 19.6 Å². The number of nitrogens with zero attached hydrogens (tertiary/aromatic N) is 4. The molecule has 0 radical (unpaired) electrons. The number of likely N-dealkylation sites (tertiary alicyclic amines) is 1. The number of rotatable bonds is 16. The molecule has 7 atom stereocenters. The van der Waals surface area contributed by atoms with E-state index in [1.54, 1.807) is 18.2 Å². The molecule has 5 aliphatic rings. The molecule has 8 rings (SSSR count). The van der Waals surface area contributed by atoms with E-state index in [9.17, 15) is 19.2 Å². The number of fused-ring (bicyclic) bond motifs is 2. The van der Waals surface area contributed by atoms with Gasteiger partial charge >= 0.3 is 12.1 Å². The van der Waals surface area contributed by atoms with Crippen molar-refractivity contribution in [3.05, 3.63) is 41.3 Å². The molecule has 64 heavy (non-hydrogen) atoms. The number of hydrogen-bond donors (Lipinski definition) is 4. The Hall–Kier alpha value is -4.71. The lowest BCUT2D eigenvalue weighted by Crippen LogP contribution is -2.59. The molecule has 1 aromatic carbocycles. The second-order valence-electron chi connectivity index (χ2n) is 19.2. The Morgan fingerprint density at radius 2 is 1.80 bits per heavy atom. The third-order valence-corrected chi connectivity index (χ3v) is 14.2. The van der Waals surface area contributed by atoms with Crippen LogP contribution in [0.25, 0.3) is 22.3 Å². The van der Waals surface area contributed by atoms with E-state index in [4.69, 9.17) is 40.5 Å². The van der Waals surface area contributed by atoms with Gasteiger partial charge in [-0.1, -0.05) is 38.4 Å². The van der Waals surface area contributed by atoms with Gasteiger partial charge in [0.05, 0.1) is 24.9 Å². The minimum Gasteiger partial charge on any atom is -0.491 e. The van der Waals surface area contributed by atoms with Crippen molar-refractivity contribution in [2.45, 2.75) is 103 Å². The zero-order valence-corrected chi connectivity index (χ0v) is 39.1. The number of ether oxygens (including phenoxy) is 4. The number of anilines is 1. The first-order valence-corrected chi connectivity index (χ1v) is 23.7. The van der Waals surface area contributed by atoms with Crippen LogP contribution in [0.1, 0.15) is 66.7 Å². The summed E-state index contributed by atoms with van der Waals surface area (Å²) in [5, 5.41) is 16.1. The van der Waals surface area contributed by atoms with Crippen LogP contribution in [0.3, 0.4) is 0 Å². The zero-order chi connectivity index (χ0) is 45.5. The average Bonchev–Trinajstić information content (AvgIpc) is 3.92. The van der Waals surface area contributed by atoms with E-state index in [1.165, 1.54) is 29.8 Å². The highest BCUT2D eigenvalue weighted by molar-refractivity contribution is 7.14. The summed E-state index contributed by atoms with van der Waals surface area (Å²) in [4.78, 5) is 69.4. The van der Waals surface area contributed by atoms with E-state index in [1.807, 2.05) is 46.1 Å². The van der Waals surface area contributed by atoms with Gasteiger partial charge in [0.15, 0.2) is 5.13 Å². The molecule has 5 fully saturated rings. The van der Waals surface area contributed by atoms with E-state index in [-0.39, 0.29) is 31.0 Å². The lowest BCUT2D eigenvalue weighted by Gasteiger charge is -2.35. The van der Waals surface area contributed by atoms with Crippen LogP contribution in [0.5, 0.6) is 11.5 Å². The molecule has 2 aromatic heterocycles. The minimum absolute atomic E-state index is 0.0123. The zero-order valence-electron chi connectivity index (χ0n) is 37.5. The van der Waals surface area contributed by atoms with Gasteiger partial charge < -0.3 is 45.1 Å². The Balaban J connectivity index is 1.10. The third-order valence-electron chi connectivity index (χ3n) is 13.1. The standard InChI is InChI=1S/C46H61ClN8O8S/c1-8-28-22-46(28,42(58)60-7)53-40(56)34-20-30(23-55(34)41(57)39(45(4,5)6)52-44(59)63-29-18-26-17-27(26)19-29)62-36-21-32(33-24-64-43(51-33)49-25(2)3)50-38-31(36)9-10-35(37(38)47)61-16-15-54-13-11-48-12-14-54/h8-10,21,24-30,34,39,48H,1,11-20,22-23H2,2-7H3,(H,49,51)(H,52,59)(H,53,56). The Morgan fingerprint density at radius 3 is 2.47 bits per heavy atom. The summed E-state index contributed by atoms with van der Waals surface area (Å²) >= 11 is 8.59. The Labute approximate surface area is 383 Å². The fourth-order valence-electron chi connectivity index (χ4n) is 9.39. The molecule has 0 spiro atoms. The Kier molecular flexibility index (Phi) is 13.4. The summed E-state index contributed by atoms with van der Waals surface area (Å²) in [5.41, 5.74) is -0.519. The first kappa shape index (κ1) is 45.8. The molecular weight excluding hydrogens is 860 g/mol. The number of piperazine rings is 1. The molecule has 18 heteroatoms.